The lowest BCUT2D eigenvalue weighted by Crippen LogP contribution is -1.95. The van der Waals surface area contributed by atoms with E-state index in [-0.39, 0.29) is 0 Å². The first-order valence-corrected chi connectivity index (χ1v) is 6.59. The molecule has 0 aliphatic rings. The van der Waals surface area contributed by atoms with Crippen LogP contribution in [-0.4, -0.2) is 7.11 Å². The summed E-state index contributed by atoms with van der Waals surface area (Å²) < 4.78 is 10.7. The fraction of sp³-hybridized carbons (Fsp3) is 0.200. The van der Waals surface area contributed by atoms with Gasteiger partial charge in [0.2, 0.25) is 0 Å². The topological polar surface area (TPSA) is 18.5 Å². The minimum absolute atomic E-state index is 0.460. The van der Waals surface area contributed by atoms with E-state index in [1.54, 1.807) is 19.2 Å². The molecule has 0 aliphatic carbocycles. The molecule has 0 saturated heterocycles. The zero-order valence-corrected chi connectivity index (χ0v) is 12.0. The minimum Gasteiger partial charge on any atom is -0.497 e. The molecule has 0 atom stereocenters. The van der Waals surface area contributed by atoms with Gasteiger partial charge in [-0.1, -0.05) is 41.4 Å². The second-order valence-corrected chi connectivity index (χ2v) is 4.92. The van der Waals surface area contributed by atoms with Crippen molar-refractivity contribution in [1.29, 1.82) is 0 Å². The highest BCUT2D eigenvalue weighted by molar-refractivity contribution is 6.35. The predicted octanol–water partition coefficient (Wildman–Crippen LogP) is 4.72. The van der Waals surface area contributed by atoms with Crippen LogP contribution in [0.1, 0.15) is 11.1 Å². The summed E-state index contributed by atoms with van der Waals surface area (Å²) in [5.74, 6) is 0.837. The molecule has 0 unspecified atom stereocenters. The van der Waals surface area contributed by atoms with Crippen LogP contribution in [0.2, 0.25) is 10.0 Å². The molecule has 2 aromatic carbocycles. The average Bonchev–Trinajstić information content (AvgIpc) is 2.42. The van der Waals surface area contributed by atoms with Gasteiger partial charge in [-0.05, 0) is 35.4 Å². The van der Waals surface area contributed by atoms with Crippen LogP contribution in [0.5, 0.6) is 5.75 Å². The van der Waals surface area contributed by atoms with Gasteiger partial charge in [0.1, 0.15) is 5.75 Å². The van der Waals surface area contributed by atoms with Gasteiger partial charge in [-0.2, -0.15) is 0 Å². The Morgan fingerprint density at radius 2 is 1.68 bits per heavy atom. The standard InChI is InChI=1S/C15H14Cl2O2/c1-18-14-6-2-11(3-7-14)9-19-10-12-4-5-13(16)8-15(12)17/h2-8H,9-10H2,1H3. The molecule has 0 amide bonds. The van der Waals surface area contributed by atoms with Crippen LogP contribution in [-0.2, 0) is 18.0 Å². The van der Waals surface area contributed by atoms with E-state index in [1.807, 2.05) is 30.3 Å². The van der Waals surface area contributed by atoms with Crippen molar-refractivity contribution in [2.45, 2.75) is 13.2 Å². The van der Waals surface area contributed by atoms with Crippen molar-refractivity contribution < 1.29 is 9.47 Å². The Hall–Kier alpha value is -1.22. The van der Waals surface area contributed by atoms with Gasteiger partial charge in [0.15, 0.2) is 0 Å². The molecule has 0 saturated carbocycles. The lowest BCUT2D eigenvalue weighted by atomic mass is 10.2. The molecule has 0 spiro atoms. The molecular formula is C15H14Cl2O2. The molecule has 0 heterocycles. The van der Waals surface area contributed by atoms with E-state index in [4.69, 9.17) is 32.7 Å². The molecule has 2 aromatic rings. The van der Waals surface area contributed by atoms with Gasteiger partial charge in [0.05, 0.1) is 20.3 Å². The molecule has 2 rings (SSSR count). The zero-order valence-electron chi connectivity index (χ0n) is 10.5. The van der Waals surface area contributed by atoms with Gasteiger partial charge < -0.3 is 9.47 Å². The normalized spacial score (nSPS) is 10.5. The molecule has 0 aliphatic heterocycles. The summed E-state index contributed by atoms with van der Waals surface area (Å²) in [6.45, 7) is 0.991. The van der Waals surface area contributed by atoms with Crippen LogP contribution in [0, 0.1) is 0 Å². The summed E-state index contributed by atoms with van der Waals surface area (Å²) in [6.07, 6.45) is 0. The smallest absolute Gasteiger partial charge is 0.118 e. The SMILES string of the molecule is COc1ccc(COCc2ccc(Cl)cc2Cl)cc1. The van der Waals surface area contributed by atoms with E-state index in [9.17, 15) is 0 Å². The Kier molecular flexibility index (Phi) is 5.08. The summed E-state index contributed by atoms with van der Waals surface area (Å²) >= 11 is 11.9. The molecule has 0 radical (unpaired) electrons. The first kappa shape index (κ1) is 14.2. The van der Waals surface area contributed by atoms with E-state index >= 15 is 0 Å². The highest BCUT2D eigenvalue weighted by Gasteiger charge is 2.02. The number of benzene rings is 2. The second kappa shape index (κ2) is 6.80. The monoisotopic (exact) mass is 296 g/mol. The number of rotatable bonds is 5. The summed E-state index contributed by atoms with van der Waals surface area (Å²) in [5, 5.41) is 1.26. The summed E-state index contributed by atoms with van der Waals surface area (Å²) in [7, 11) is 1.65. The molecular weight excluding hydrogens is 283 g/mol. The van der Waals surface area contributed by atoms with Crippen molar-refractivity contribution >= 4 is 23.2 Å². The van der Waals surface area contributed by atoms with E-state index < -0.39 is 0 Å². The Bertz CT molecular complexity index is 538. The Labute approximate surface area is 122 Å². The van der Waals surface area contributed by atoms with Gasteiger partial charge >= 0.3 is 0 Å². The first-order valence-electron chi connectivity index (χ1n) is 5.83. The number of methoxy groups -OCH3 is 1. The first-order chi connectivity index (χ1) is 9.19. The summed E-state index contributed by atoms with van der Waals surface area (Å²) in [6, 6.07) is 13.2. The average molecular weight is 297 g/mol. The van der Waals surface area contributed by atoms with Crippen molar-refractivity contribution in [2.75, 3.05) is 7.11 Å². The Morgan fingerprint density at radius 1 is 0.947 bits per heavy atom. The van der Waals surface area contributed by atoms with Crippen molar-refractivity contribution in [3.63, 3.8) is 0 Å². The Morgan fingerprint density at radius 3 is 2.32 bits per heavy atom. The third kappa shape index (κ3) is 4.13. The van der Waals surface area contributed by atoms with Crippen molar-refractivity contribution in [1.82, 2.24) is 0 Å². The maximum atomic E-state index is 6.07. The van der Waals surface area contributed by atoms with Gasteiger partial charge in [-0.25, -0.2) is 0 Å². The van der Waals surface area contributed by atoms with Gasteiger partial charge in [-0.3, -0.25) is 0 Å². The molecule has 0 fully saturated rings. The van der Waals surface area contributed by atoms with E-state index in [2.05, 4.69) is 0 Å². The number of halogens is 2. The van der Waals surface area contributed by atoms with Gasteiger partial charge in [0.25, 0.3) is 0 Å². The maximum absolute atomic E-state index is 6.07. The second-order valence-electron chi connectivity index (χ2n) is 4.08. The van der Waals surface area contributed by atoms with Gasteiger partial charge in [0, 0.05) is 10.0 Å². The molecule has 2 nitrogen and oxygen atoms in total. The third-order valence-electron chi connectivity index (χ3n) is 2.70. The number of hydrogen-bond donors (Lipinski definition) is 0. The number of ether oxygens (including phenoxy) is 2. The largest absolute Gasteiger partial charge is 0.497 e. The fourth-order valence-electron chi connectivity index (χ4n) is 1.64. The molecule has 4 heteroatoms. The van der Waals surface area contributed by atoms with E-state index in [1.165, 1.54) is 0 Å². The van der Waals surface area contributed by atoms with Crippen LogP contribution in [0.3, 0.4) is 0 Å². The Balaban J connectivity index is 1.88. The highest BCUT2D eigenvalue weighted by atomic mass is 35.5. The highest BCUT2D eigenvalue weighted by Crippen LogP contribution is 2.22. The van der Waals surface area contributed by atoms with Crippen molar-refractivity contribution in [3.8, 4) is 5.75 Å². The minimum atomic E-state index is 0.460. The third-order valence-corrected chi connectivity index (χ3v) is 3.29. The lowest BCUT2D eigenvalue weighted by molar-refractivity contribution is 0.107. The fourth-order valence-corrected chi connectivity index (χ4v) is 2.10. The van der Waals surface area contributed by atoms with Crippen LogP contribution >= 0.6 is 23.2 Å². The summed E-state index contributed by atoms with van der Waals surface area (Å²) in [4.78, 5) is 0. The predicted molar refractivity (Wildman–Crippen MR) is 77.9 cm³/mol. The molecule has 0 aromatic heterocycles. The molecule has 0 N–H and O–H groups in total. The van der Waals surface area contributed by atoms with Crippen LogP contribution in [0.15, 0.2) is 42.5 Å². The molecule has 100 valence electrons. The van der Waals surface area contributed by atoms with E-state index in [0.717, 1.165) is 16.9 Å². The van der Waals surface area contributed by atoms with Crippen molar-refractivity contribution in [3.05, 3.63) is 63.6 Å². The lowest BCUT2D eigenvalue weighted by Gasteiger charge is -2.07. The number of hydrogen-bond acceptors (Lipinski definition) is 2. The van der Waals surface area contributed by atoms with Crippen molar-refractivity contribution in [2.24, 2.45) is 0 Å². The van der Waals surface area contributed by atoms with Crippen LogP contribution in [0.25, 0.3) is 0 Å². The summed E-state index contributed by atoms with van der Waals surface area (Å²) in [5.41, 5.74) is 2.02. The zero-order chi connectivity index (χ0) is 13.7. The van der Waals surface area contributed by atoms with E-state index in [0.29, 0.717) is 23.3 Å². The molecule has 19 heavy (non-hydrogen) atoms. The maximum Gasteiger partial charge on any atom is 0.118 e. The quantitative estimate of drug-likeness (QED) is 0.795. The van der Waals surface area contributed by atoms with Gasteiger partial charge in [-0.15, -0.1) is 0 Å². The van der Waals surface area contributed by atoms with Crippen LogP contribution in [0.4, 0.5) is 0 Å². The molecule has 0 bridgehead atoms. The van der Waals surface area contributed by atoms with Crippen LogP contribution < -0.4 is 4.74 Å².